The highest BCUT2D eigenvalue weighted by Gasteiger charge is 2.50. The first-order valence-electron chi connectivity index (χ1n) is 11.3. The molecule has 2 fully saturated rings. The molecule has 1 aromatic carbocycles. The fourth-order valence-corrected chi connectivity index (χ4v) is 4.94. The number of anilines is 1. The van der Waals surface area contributed by atoms with Crippen LogP contribution >= 0.6 is 0 Å². The lowest BCUT2D eigenvalue weighted by atomic mass is 9.86. The highest BCUT2D eigenvalue weighted by Crippen LogP contribution is 2.47. The molecule has 9 nitrogen and oxygen atoms in total. The molecule has 0 spiro atoms. The van der Waals surface area contributed by atoms with E-state index in [1.54, 1.807) is 11.6 Å². The van der Waals surface area contributed by atoms with Crippen LogP contribution in [-0.4, -0.2) is 37.5 Å². The molecule has 34 heavy (non-hydrogen) atoms. The number of halogens is 3. The SMILES string of the molecule is Cc1noc(C2C3CCC(CN2c2nc(Oc4cccc(C(F)(F)F)c4)n(C(C)C)n2)C3N)n1. The Hall–Kier alpha value is -3.15. The maximum Gasteiger partial charge on any atom is 0.416 e. The van der Waals surface area contributed by atoms with Gasteiger partial charge >= 0.3 is 12.2 Å². The molecule has 1 aliphatic carbocycles. The van der Waals surface area contributed by atoms with Gasteiger partial charge in [-0.15, -0.1) is 5.10 Å². The van der Waals surface area contributed by atoms with Gasteiger partial charge in [0, 0.05) is 18.5 Å². The molecule has 4 unspecified atom stereocenters. The van der Waals surface area contributed by atoms with E-state index in [1.807, 2.05) is 18.7 Å². The van der Waals surface area contributed by atoms with E-state index in [0.717, 1.165) is 25.0 Å². The van der Waals surface area contributed by atoms with E-state index >= 15 is 0 Å². The molecule has 2 aliphatic rings. The molecule has 12 heteroatoms. The van der Waals surface area contributed by atoms with Crippen molar-refractivity contribution in [1.82, 2.24) is 24.9 Å². The number of hydrogen-bond donors (Lipinski definition) is 1. The molecule has 182 valence electrons. The Morgan fingerprint density at radius 3 is 2.68 bits per heavy atom. The molecule has 5 rings (SSSR count). The van der Waals surface area contributed by atoms with Gasteiger partial charge in [-0.1, -0.05) is 11.2 Å². The number of benzene rings is 1. The van der Waals surface area contributed by atoms with Crippen LogP contribution in [0, 0.1) is 18.8 Å². The number of piperidine rings is 1. The van der Waals surface area contributed by atoms with Gasteiger partial charge in [-0.25, -0.2) is 4.68 Å². The summed E-state index contributed by atoms with van der Waals surface area (Å²) in [6.45, 7) is 6.15. The molecule has 3 aromatic rings. The van der Waals surface area contributed by atoms with Crippen LogP contribution in [-0.2, 0) is 6.18 Å². The lowest BCUT2D eigenvalue weighted by Crippen LogP contribution is -2.51. The molecule has 4 atom stereocenters. The molecule has 0 radical (unpaired) electrons. The number of fused-ring (bicyclic) bond motifs is 2. The zero-order valence-corrected chi connectivity index (χ0v) is 19.0. The summed E-state index contributed by atoms with van der Waals surface area (Å²) in [5.74, 6) is 1.76. The molecule has 3 heterocycles. The number of aryl methyl sites for hydroxylation is 1. The molecule has 2 N–H and O–H groups in total. The Kier molecular flexibility index (Phi) is 5.50. The first kappa shape index (κ1) is 22.6. The summed E-state index contributed by atoms with van der Waals surface area (Å²) in [7, 11) is 0. The number of hydrogen-bond acceptors (Lipinski definition) is 8. The van der Waals surface area contributed by atoms with Crippen LogP contribution in [0.4, 0.5) is 19.1 Å². The van der Waals surface area contributed by atoms with E-state index in [-0.39, 0.29) is 41.7 Å². The lowest BCUT2D eigenvalue weighted by molar-refractivity contribution is -0.137. The molecular weight excluding hydrogens is 451 g/mol. The number of ether oxygens (including phenoxy) is 1. The monoisotopic (exact) mass is 477 g/mol. The topological polar surface area (TPSA) is 108 Å². The number of nitrogens with two attached hydrogens (primary N) is 1. The van der Waals surface area contributed by atoms with E-state index < -0.39 is 11.7 Å². The lowest BCUT2D eigenvalue weighted by Gasteiger charge is -2.41. The van der Waals surface area contributed by atoms with E-state index in [0.29, 0.717) is 24.2 Å². The fourth-order valence-electron chi connectivity index (χ4n) is 4.94. The molecule has 0 amide bonds. The second-order valence-electron chi connectivity index (χ2n) is 9.22. The summed E-state index contributed by atoms with van der Waals surface area (Å²) in [6.07, 6.45) is -2.57. The Labute approximate surface area is 194 Å². The quantitative estimate of drug-likeness (QED) is 0.580. The number of nitrogens with zero attached hydrogens (tertiary/aromatic N) is 6. The second kappa shape index (κ2) is 8.26. The Balaban J connectivity index is 1.51. The van der Waals surface area contributed by atoms with Crippen molar-refractivity contribution < 1.29 is 22.4 Å². The summed E-state index contributed by atoms with van der Waals surface area (Å²) in [5.41, 5.74) is 5.72. The number of rotatable bonds is 5. The summed E-state index contributed by atoms with van der Waals surface area (Å²) >= 11 is 0. The van der Waals surface area contributed by atoms with Gasteiger partial charge in [-0.05, 0) is 57.7 Å². The number of alkyl halides is 3. The van der Waals surface area contributed by atoms with Crippen LogP contribution in [0.2, 0.25) is 0 Å². The fraction of sp³-hybridized carbons (Fsp3) is 0.545. The largest absolute Gasteiger partial charge is 0.424 e. The first-order chi connectivity index (χ1) is 16.1. The van der Waals surface area contributed by atoms with Crippen LogP contribution in [0.25, 0.3) is 0 Å². The van der Waals surface area contributed by atoms with Gasteiger partial charge in [0.25, 0.3) is 0 Å². The smallest absolute Gasteiger partial charge is 0.416 e. The Bertz CT molecular complexity index is 1180. The van der Waals surface area contributed by atoms with Crippen LogP contribution < -0.4 is 15.4 Å². The van der Waals surface area contributed by atoms with Gasteiger partial charge < -0.3 is 19.9 Å². The first-order valence-corrected chi connectivity index (χ1v) is 11.3. The molecule has 1 aliphatic heterocycles. The van der Waals surface area contributed by atoms with E-state index in [9.17, 15) is 13.2 Å². The van der Waals surface area contributed by atoms with Crippen molar-refractivity contribution in [3.63, 3.8) is 0 Å². The Morgan fingerprint density at radius 1 is 1.21 bits per heavy atom. The van der Waals surface area contributed by atoms with Crippen molar-refractivity contribution in [2.24, 2.45) is 17.6 Å². The highest BCUT2D eigenvalue weighted by atomic mass is 19.4. The standard InChI is InChI=1S/C22H26F3N7O2/c1-11(2)32-21(33-15-6-4-5-14(9-15)22(23,24)25)28-20(29-32)31-10-13-7-8-16(17(13)26)18(31)19-27-12(3)30-34-19/h4-6,9,11,13,16-18H,7-8,10,26H2,1-3H3. The highest BCUT2D eigenvalue weighted by molar-refractivity contribution is 5.39. The van der Waals surface area contributed by atoms with Crippen molar-refractivity contribution in [3.8, 4) is 11.8 Å². The molecule has 2 aromatic heterocycles. The average Bonchev–Trinajstić information content (AvgIpc) is 3.44. The average molecular weight is 477 g/mol. The Morgan fingerprint density at radius 2 is 2.00 bits per heavy atom. The molecule has 2 bridgehead atoms. The third-order valence-corrected chi connectivity index (χ3v) is 6.58. The van der Waals surface area contributed by atoms with Gasteiger partial charge in [-0.2, -0.15) is 23.1 Å². The molecule has 1 saturated heterocycles. The predicted molar refractivity (Wildman–Crippen MR) is 115 cm³/mol. The summed E-state index contributed by atoms with van der Waals surface area (Å²) < 4.78 is 52.3. The van der Waals surface area contributed by atoms with Crippen molar-refractivity contribution >= 4 is 5.95 Å². The van der Waals surface area contributed by atoms with Crippen LogP contribution in [0.1, 0.15) is 56.1 Å². The van der Waals surface area contributed by atoms with Gasteiger partial charge in [0.1, 0.15) is 11.8 Å². The van der Waals surface area contributed by atoms with Crippen LogP contribution in [0.15, 0.2) is 28.8 Å². The van der Waals surface area contributed by atoms with Gasteiger partial charge in [0.05, 0.1) is 11.6 Å². The number of aromatic nitrogens is 5. The minimum Gasteiger partial charge on any atom is -0.424 e. The third-order valence-electron chi connectivity index (χ3n) is 6.58. The van der Waals surface area contributed by atoms with E-state index in [4.69, 9.17) is 15.0 Å². The van der Waals surface area contributed by atoms with Crippen molar-refractivity contribution in [2.75, 3.05) is 11.4 Å². The summed E-state index contributed by atoms with van der Waals surface area (Å²) in [4.78, 5) is 11.1. The van der Waals surface area contributed by atoms with Gasteiger partial charge in [-0.3, -0.25) is 0 Å². The molecular formula is C22H26F3N7O2. The van der Waals surface area contributed by atoms with Gasteiger partial charge in [0.15, 0.2) is 5.82 Å². The normalized spacial score (nSPS) is 24.8. The maximum atomic E-state index is 13.2. The van der Waals surface area contributed by atoms with E-state index in [1.165, 1.54) is 12.1 Å². The third kappa shape index (κ3) is 3.99. The van der Waals surface area contributed by atoms with Crippen LogP contribution in [0.5, 0.6) is 11.8 Å². The zero-order valence-electron chi connectivity index (χ0n) is 19.0. The predicted octanol–water partition coefficient (Wildman–Crippen LogP) is 4.28. The van der Waals surface area contributed by atoms with E-state index in [2.05, 4.69) is 20.2 Å². The zero-order chi connectivity index (χ0) is 24.2. The minimum atomic E-state index is -4.47. The van der Waals surface area contributed by atoms with Crippen molar-refractivity contribution in [1.29, 1.82) is 0 Å². The maximum absolute atomic E-state index is 13.2. The van der Waals surface area contributed by atoms with Gasteiger partial charge in [0.2, 0.25) is 11.8 Å². The van der Waals surface area contributed by atoms with Crippen LogP contribution in [0.3, 0.4) is 0 Å². The summed E-state index contributed by atoms with van der Waals surface area (Å²) in [5, 5.41) is 8.60. The minimum absolute atomic E-state index is 0.00136. The van der Waals surface area contributed by atoms with Crippen molar-refractivity contribution in [2.45, 2.75) is 57.9 Å². The second-order valence-corrected chi connectivity index (χ2v) is 9.22. The van der Waals surface area contributed by atoms with Crippen molar-refractivity contribution in [3.05, 3.63) is 41.5 Å². The summed E-state index contributed by atoms with van der Waals surface area (Å²) in [6, 6.07) is 4.37. The molecule has 1 saturated carbocycles.